The second-order valence-electron chi connectivity index (χ2n) is 5.59. The van der Waals surface area contributed by atoms with E-state index < -0.39 is 0 Å². The van der Waals surface area contributed by atoms with Gasteiger partial charge < -0.3 is 15.4 Å². The number of rotatable bonds is 10. The number of ether oxygens (including phenoxy) is 1. The highest BCUT2D eigenvalue weighted by Gasteiger charge is 2.02. The van der Waals surface area contributed by atoms with E-state index in [-0.39, 0.29) is 5.91 Å². The van der Waals surface area contributed by atoms with E-state index in [4.69, 9.17) is 4.74 Å². The normalized spacial score (nSPS) is 10.4. The molecule has 0 unspecified atom stereocenters. The van der Waals surface area contributed by atoms with Crippen LogP contribution in [-0.4, -0.2) is 25.6 Å². The Bertz CT molecular complexity index is 597. The molecule has 0 saturated heterocycles. The zero-order valence-electron chi connectivity index (χ0n) is 14.3. The average molecular weight is 326 g/mol. The Labute approximate surface area is 144 Å². The van der Waals surface area contributed by atoms with Gasteiger partial charge >= 0.3 is 0 Å². The Morgan fingerprint density at radius 3 is 2.46 bits per heavy atom. The largest absolute Gasteiger partial charge is 0.494 e. The van der Waals surface area contributed by atoms with Gasteiger partial charge in [-0.1, -0.05) is 30.3 Å². The first-order chi connectivity index (χ1) is 11.8. The summed E-state index contributed by atoms with van der Waals surface area (Å²) in [6.45, 7) is 4.20. The Balaban J connectivity index is 1.56. The van der Waals surface area contributed by atoms with Gasteiger partial charge in [-0.3, -0.25) is 4.79 Å². The molecule has 24 heavy (non-hydrogen) atoms. The first-order valence-corrected chi connectivity index (χ1v) is 8.55. The molecule has 0 bridgehead atoms. The third-order valence-electron chi connectivity index (χ3n) is 3.64. The molecule has 2 N–H and O–H groups in total. The number of nitrogens with one attached hydrogen (secondary N) is 2. The topological polar surface area (TPSA) is 50.4 Å². The molecule has 0 aliphatic heterocycles. The first-order valence-electron chi connectivity index (χ1n) is 8.55. The molecule has 0 heterocycles. The quantitative estimate of drug-likeness (QED) is 0.656. The molecule has 0 atom stereocenters. The fourth-order valence-electron chi connectivity index (χ4n) is 2.41. The molecular formula is C20H26N2O2. The third kappa shape index (κ3) is 6.84. The molecule has 0 saturated carbocycles. The fraction of sp³-hybridized carbons (Fsp3) is 0.350. The molecule has 2 aromatic rings. The summed E-state index contributed by atoms with van der Waals surface area (Å²) in [5, 5.41) is 6.21. The van der Waals surface area contributed by atoms with Gasteiger partial charge in [0.1, 0.15) is 5.75 Å². The van der Waals surface area contributed by atoms with E-state index in [1.165, 1.54) is 5.56 Å². The number of benzene rings is 2. The maximum absolute atomic E-state index is 11.9. The Kier molecular flexibility index (Phi) is 7.84. The highest BCUT2D eigenvalue weighted by atomic mass is 16.5. The van der Waals surface area contributed by atoms with Gasteiger partial charge in [-0.05, 0) is 56.1 Å². The minimum absolute atomic E-state index is 0.0229. The average Bonchev–Trinajstić information content (AvgIpc) is 2.61. The van der Waals surface area contributed by atoms with Crippen LogP contribution in [0.4, 0.5) is 5.69 Å². The Hall–Kier alpha value is -2.33. The van der Waals surface area contributed by atoms with Crippen LogP contribution in [0, 0.1) is 0 Å². The standard InChI is InChI=1S/C20H26N2O2/c1-2-24-19-12-10-18(11-13-19)22-20(23)14-16-21-15-6-9-17-7-4-3-5-8-17/h3-5,7-8,10-13,21H,2,6,9,14-16H2,1H3,(H,22,23). The van der Waals surface area contributed by atoms with Gasteiger partial charge in [0.25, 0.3) is 0 Å². The highest BCUT2D eigenvalue weighted by molar-refractivity contribution is 5.90. The lowest BCUT2D eigenvalue weighted by molar-refractivity contribution is -0.116. The van der Waals surface area contributed by atoms with Crippen molar-refractivity contribution in [3.05, 3.63) is 60.2 Å². The minimum Gasteiger partial charge on any atom is -0.494 e. The van der Waals surface area contributed by atoms with Crippen molar-refractivity contribution in [2.75, 3.05) is 25.0 Å². The number of amides is 1. The van der Waals surface area contributed by atoms with Gasteiger partial charge in [-0.2, -0.15) is 0 Å². The van der Waals surface area contributed by atoms with Crippen LogP contribution in [0.5, 0.6) is 5.75 Å². The summed E-state index contributed by atoms with van der Waals surface area (Å²) in [5.41, 5.74) is 2.15. The van der Waals surface area contributed by atoms with Crippen molar-refractivity contribution in [1.82, 2.24) is 5.32 Å². The zero-order chi connectivity index (χ0) is 17.0. The van der Waals surface area contributed by atoms with Crippen molar-refractivity contribution in [2.24, 2.45) is 0 Å². The molecule has 0 aliphatic carbocycles. The van der Waals surface area contributed by atoms with Crippen molar-refractivity contribution in [3.63, 3.8) is 0 Å². The van der Waals surface area contributed by atoms with Gasteiger partial charge in [0.15, 0.2) is 0 Å². The van der Waals surface area contributed by atoms with Crippen molar-refractivity contribution in [3.8, 4) is 5.75 Å². The molecule has 0 aromatic heterocycles. The van der Waals surface area contributed by atoms with Crippen LogP contribution in [0.2, 0.25) is 0 Å². The van der Waals surface area contributed by atoms with Crippen LogP contribution >= 0.6 is 0 Å². The molecule has 2 aromatic carbocycles. The summed E-state index contributed by atoms with van der Waals surface area (Å²) < 4.78 is 5.38. The molecular weight excluding hydrogens is 300 g/mol. The van der Waals surface area contributed by atoms with Gasteiger partial charge in [0.05, 0.1) is 6.61 Å². The van der Waals surface area contributed by atoms with Gasteiger partial charge in [0.2, 0.25) is 5.91 Å². The smallest absolute Gasteiger partial charge is 0.225 e. The van der Waals surface area contributed by atoms with E-state index in [0.29, 0.717) is 19.6 Å². The van der Waals surface area contributed by atoms with Gasteiger partial charge in [0, 0.05) is 18.7 Å². The molecule has 4 heteroatoms. The van der Waals surface area contributed by atoms with Crippen molar-refractivity contribution in [2.45, 2.75) is 26.2 Å². The zero-order valence-corrected chi connectivity index (χ0v) is 14.3. The maximum Gasteiger partial charge on any atom is 0.225 e. The SMILES string of the molecule is CCOc1ccc(NC(=O)CCNCCCc2ccccc2)cc1. The van der Waals surface area contributed by atoms with Crippen LogP contribution in [0.1, 0.15) is 25.3 Å². The van der Waals surface area contributed by atoms with Crippen LogP contribution in [0.15, 0.2) is 54.6 Å². The van der Waals surface area contributed by atoms with E-state index in [1.54, 1.807) is 0 Å². The van der Waals surface area contributed by atoms with Crippen LogP contribution in [-0.2, 0) is 11.2 Å². The Morgan fingerprint density at radius 1 is 1.00 bits per heavy atom. The van der Waals surface area contributed by atoms with E-state index in [1.807, 2.05) is 37.3 Å². The highest BCUT2D eigenvalue weighted by Crippen LogP contribution is 2.15. The van der Waals surface area contributed by atoms with Crippen molar-refractivity contribution < 1.29 is 9.53 Å². The predicted octanol–water partition coefficient (Wildman–Crippen LogP) is 3.64. The van der Waals surface area contributed by atoms with E-state index in [9.17, 15) is 4.79 Å². The predicted molar refractivity (Wildman–Crippen MR) is 98.5 cm³/mol. The molecule has 0 radical (unpaired) electrons. The van der Waals surface area contributed by atoms with Crippen LogP contribution in [0.25, 0.3) is 0 Å². The fourth-order valence-corrected chi connectivity index (χ4v) is 2.41. The van der Waals surface area contributed by atoms with Crippen LogP contribution in [0.3, 0.4) is 0 Å². The number of anilines is 1. The lowest BCUT2D eigenvalue weighted by atomic mass is 10.1. The number of carbonyl (C=O) groups is 1. The summed E-state index contributed by atoms with van der Waals surface area (Å²) in [5.74, 6) is 0.838. The third-order valence-corrected chi connectivity index (χ3v) is 3.64. The van der Waals surface area contributed by atoms with E-state index >= 15 is 0 Å². The molecule has 2 rings (SSSR count). The summed E-state index contributed by atoms with van der Waals surface area (Å²) in [6, 6.07) is 17.9. The van der Waals surface area contributed by atoms with Crippen LogP contribution < -0.4 is 15.4 Å². The maximum atomic E-state index is 11.9. The summed E-state index contributed by atoms with van der Waals surface area (Å²) >= 11 is 0. The lowest BCUT2D eigenvalue weighted by Crippen LogP contribution is -2.22. The molecule has 1 amide bonds. The molecule has 0 fully saturated rings. The minimum atomic E-state index is 0.0229. The van der Waals surface area contributed by atoms with E-state index in [0.717, 1.165) is 30.8 Å². The van der Waals surface area contributed by atoms with Crippen molar-refractivity contribution in [1.29, 1.82) is 0 Å². The number of aryl methyl sites for hydroxylation is 1. The first kappa shape index (κ1) is 18.0. The molecule has 128 valence electrons. The summed E-state index contributed by atoms with van der Waals surface area (Å²) in [4.78, 5) is 11.9. The second-order valence-corrected chi connectivity index (χ2v) is 5.59. The molecule has 0 aliphatic rings. The number of hydrogen-bond acceptors (Lipinski definition) is 3. The number of carbonyl (C=O) groups excluding carboxylic acids is 1. The molecule has 0 spiro atoms. The second kappa shape index (κ2) is 10.4. The number of hydrogen-bond donors (Lipinski definition) is 2. The monoisotopic (exact) mass is 326 g/mol. The van der Waals surface area contributed by atoms with Gasteiger partial charge in [-0.15, -0.1) is 0 Å². The van der Waals surface area contributed by atoms with Gasteiger partial charge in [-0.25, -0.2) is 0 Å². The molecule has 4 nitrogen and oxygen atoms in total. The lowest BCUT2D eigenvalue weighted by Gasteiger charge is -2.08. The Morgan fingerprint density at radius 2 is 1.75 bits per heavy atom. The van der Waals surface area contributed by atoms with E-state index in [2.05, 4.69) is 34.9 Å². The summed E-state index contributed by atoms with van der Waals surface area (Å²) in [6.07, 6.45) is 2.61. The van der Waals surface area contributed by atoms with Crippen molar-refractivity contribution >= 4 is 11.6 Å². The summed E-state index contributed by atoms with van der Waals surface area (Å²) in [7, 11) is 0.